The maximum atomic E-state index is 9.38. The summed E-state index contributed by atoms with van der Waals surface area (Å²) in [5.41, 5.74) is 0. The van der Waals surface area contributed by atoms with E-state index in [-0.39, 0.29) is 0 Å². The van der Waals surface area contributed by atoms with Gasteiger partial charge in [0.2, 0.25) is 0 Å². The molecule has 0 saturated heterocycles. The molecule has 3 nitrogen and oxygen atoms in total. The molecule has 0 fully saturated rings. The second kappa shape index (κ2) is 4.28. The lowest BCUT2D eigenvalue weighted by Crippen LogP contribution is -2.26. The Morgan fingerprint density at radius 2 is 2.17 bits per heavy atom. The maximum Gasteiger partial charge on any atom is 0.106 e. The van der Waals surface area contributed by atoms with Crippen LogP contribution in [0.4, 0.5) is 0 Å². The zero-order valence-electron chi connectivity index (χ0n) is 7.10. The van der Waals surface area contributed by atoms with Gasteiger partial charge in [-0.25, -0.2) is 0 Å². The molecule has 0 saturated carbocycles. The van der Waals surface area contributed by atoms with Crippen molar-refractivity contribution in [2.75, 3.05) is 0 Å². The Hall–Kier alpha value is -0.800. The molecule has 2 N–H and O–H groups in total. The fraction of sp³-hybridized carbons (Fsp3) is 0.556. The van der Waals surface area contributed by atoms with Crippen LogP contribution in [0, 0.1) is 0 Å². The quantitative estimate of drug-likeness (QED) is 0.707. The first kappa shape index (κ1) is 9.29. The minimum atomic E-state index is -0.721. The van der Waals surface area contributed by atoms with Crippen molar-refractivity contribution in [1.29, 1.82) is 0 Å². The molecule has 0 spiro atoms. The topological polar surface area (TPSA) is 53.6 Å². The van der Waals surface area contributed by atoms with Crippen LogP contribution >= 0.6 is 0 Å². The number of aliphatic hydroxyl groups is 2. The minimum Gasteiger partial charge on any atom is -0.469 e. The van der Waals surface area contributed by atoms with Crippen LogP contribution in [-0.4, -0.2) is 22.4 Å². The average molecular weight is 170 g/mol. The number of furan rings is 1. The van der Waals surface area contributed by atoms with Crippen LogP contribution in [0.3, 0.4) is 0 Å². The molecule has 0 aliphatic heterocycles. The van der Waals surface area contributed by atoms with Crippen LogP contribution in [0.1, 0.15) is 19.1 Å². The van der Waals surface area contributed by atoms with E-state index in [2.05, 4.69) is 0 Å². The first-order valence-corrected chi connectivity index (χ1v) is 4.12. The van der Waals surface area contributed by atoms with Gasteiger partial charge in [-0.3, -0.25) is 0 Å². The van der Waals surface area contributed by atoms with E-state index in [1.807, 2.05) is 6.92 Å². The second-order valence-corrected chi connectivity index (χ2v) is 2.83. The molecule has 1 aromatic heterocycles. The summed E-state index contributed by atoms with van der Waals surface area (Å²) in [4.78, 5) is 0. The van der Waals surface area contributed by atoms with Crippen molar-refractivity contribution in [2.45, 2.75) is 32.0 Å². The molecule has 0 aromatic carbocycles. The van der Waals surface area contributed by atoms with Crippen LogP contribution in [0.25, 0.3) is 0 Å². The predicted molar refractivity (Wildman–Crippen MR) is 44.7 cm³/mol. The SMILES string of the molecule is CCC(O)C(O)Cc1ccco1. The van der Waals surface area contributed by atoms with Crippen LogP contribution < -0.4 is 0 Å². The molecule has 0 aliphatic carbocycles. The van der Waals surface area contributed by atoms with Gasteiger partial charge >= 0.3 is 0 Å². The van der Waals surface area contributed by atoms with Crippen molar-refractivity contribution in [2.24, 2.45) is 0 Å². The largest absolute Gasteiger partial charge is 0.469 e. The minimum absolute atomic E-state index is 0.377. The zero-order chi connectivity index (χ0) is 8.97. The predicted octanol–water partition coefficient (Wildman–Crippen LogP) is 0.954. The fourth-order valence-corrected chi connectivity index (χ4v) is 1.04. The molecule has 1 rings (SSSR count). The summed E-state index contributed by atoms with van der Waals surface area (Å²) in [5.74, 6) is 0.704. The van der Waals surface area contributed by atoms with Crippen molar-refractivity contribution in [1.82, 2.24) is 0 Å². The summed E-state index contributed by atoms with van der Waals surface area (Å²) in [7, 11) is 0. The molecule has 1 heterocycles. The van der Waals surface area contributed by atoms with Gasteiger partial charge < -0.3 is 14.6 Å². The first-order valence-electron chi connectivity index (χ1n) is 4.12. The lowest BCUT2D eigenvalue weighted by Gasteiger charge is -2.14. The van der Waals surface area contributed by atoms with Gasteiger partial charge in [-0.2, -0.15) is 0 Å². The number of rotatable bonds is 4. The van der Waals surface area contributed by atoms with Crippen LogP contribution in [0.2, 0.25) is 0 Å². The average Bonchev–Trinajstić information content (AvgIpc) is 2.55. The van der Waals surface area contributed by atoms with Gasteiger partial charge in [0.1, 0.15) is 5.76 Å². The molecule has 2 unspecified atom stereocenters. The van der Waals surface area contributed by atoms with E-state index in [1.54, 1.807) is 18.4 Å². The van der Waals surface area contributed by atoms with E-state index in [1.165, 1.54) is 0 Å². The lowest BCUT2D eigenvalue weighted by atomic mass is 10.1. The van der Waals surface area contributed by atoms with E-state index in [9.17, 15) is 10.2 Å². The molecule has 0 radical (unpaired) electrons. The third-order valence-corrected chi connectivity index (χ3v) is 1.85. The van der Waals surface area contributed by atoms with Crippen LogP contribution in [0.15, 0.2) is 22.8 Å². The van der Waals surface area contributed by atoms with E-state index in [4.69, 9.17) is 4.42 Å². The van der Waals surface area contributed by atoms with Gasteiger partial charge in [0.05, 0.1) is 18.5 Å². The summed E-state index contributed by atoms with van der Waals surface area (Å²) in [6, 6.07) is 3.55. The van der Waals surface area contributed by atoms with Crippen molar-refractivity contribution in [3.63, 3.8) is 0 Å². The normalized spacial score (nSPS) is 15.9. The van der Waals surface area contributed by atoms with Gasteiger partial charge in [0, 0.05) is 6.42 Å². The Bertz CT molecular complexity index is 206. The van der Waals surface area contributed by atoms with E-state index >= 15 is 0 Å². The number of aliphatic hydroxyl groups excluding tert-OH is 2. The smallest absolute Gasteiger partial charge is 0.106 e. The summed E-state index contributed by atoms with van der Waals surface area (Å²) >= 11 is 0. The lowest BCUT2D eigenvalue weighted by molar-refractivity contribution is 0.0154. The molecule has 1 aromatic rings. The van der Waals surface area contributed by atoms with Gasteiger partial charge in [0.25, 0.3) is 0 Å². The van der Waals surface area contributed by atoms with Gasteiger partial charge in [-0.1, -0.05) is 6.92 Å². The standard InChI is InChI=1S/C9H14O3/c1-2-8(10)9(11)6-7-4-3-5-12-7/h3-5,8-11H,2,6H2,1H3. The highest BCUT2D eigenvalue weighted by atomic mass is 16.3. The fourth-order valence-electron chi connectivity index (χ4n) is 1.04. The Morgan fingerprint density at radius 3 is 2.67 bits per heavy atom. The summed E-state index contributed by atoms with van der Waals surface area (Å²) in [6.07, 6.45) is 1.11. The third kappa shape index (κ3) is 2.36. The van der Waals surface area contributed by atoms with Gasteiger partial charge in [-0.05, 0) is 18.6 Å². The Labute approximate surface area is 71.6 Å². The molecular weight excluding hydrogens is 156 g/mol. The van der Waals surface area contributed by atoms with E-state index < -0.39 is 12.2 Å². The second-order valence-electron chi connectivity index (χ2n) is 2.83. The Kier molecular flexibility index (Phi) is 3.31. The van der Waals surface area contributed by atoms with Crippen molar-refractivity contribution < 1.29 is 14.6 Å². The first-order chi connectivity index (χ1) is 5.74. The highest BCUT2D eigenvalue weighted by Gasteiger charge is 2.15. The molecule has 2 atom stereocenters. The summed E-state index contributed by atoms with van der Waals surface area (Å²) in [6.45, 7) is 1.83. The Morgan fingerprint density at radius 1 is 1.42 bits per heavy atom. The van der Waals surface area contributed by atoms with Crippen LogP contribution in [0.5, 0.6) is 0 Å². The van der Waals surface area contributed by atoms with Gasteiger partial charge in [0.15, 0.2) is 0 Å². The van der Waals surface area contributed by atoms with E-state index in [0.29, 0.717) is 18.6 Å². The van der Waals surface area contributed by atoms with Crippen molar-refractivity contribution in [3.8, 4) is 0 Å². The third-order valence-electron chi connectivity index (χ3n) is 1.85. The molecule has 68 valence electrons. The zero-order valence-corrected chi connectivity index (χ0v) is 7.10. The van der Waals surface area contributed by atoms with Crippen molar-refractivity contribution in [3.05, 3.63) is 24.2 Å². The maximum absolute atomic E-state index is 9.38. The molecule has 0 bridgehead atoms. The molecule has 0 amide bonds. The summed E-state index contributed by atoms with van der Waals surface area (Å²) in [5, 5.41) is 18.6. The monoisotopic (exact) mass is 170 g/mol. The van der Waals surface area contributed by atoms with Gasteiger partial charge in [-0.15, -0.1) is 0 Å². The highest BCUT2D eigenvalue weighted by Crippen LogP contribution is 2.08. The molecule has 3 heteroatoms. The molecular formula is C9H14O3. The summed E-state index contributed by atoms with van der Waals surface area (Å²) < 4.78 is 5.03. The van der Waals surface area contributed by atoms with Crippen LogP contribution in [-0.2, 0) is 6.42 Å². The molecule has 12 heavy (non-hydrogen) atoms. The van der Waals surface area contributed by atoms with Crippen molar-refractivity contribution >= 4 is 0 Å². The molecule has 0 aliphatic rings. The number of hydrogen-bond donors (Lipinski definition) is 2. The Balaban J connectivity index is 2.41. The highest BCUT2D eigenvalue weighted by molar-refractivity contribution is 5.00. The van der Waals surface area contributed by atoms with E-state index in [0.717, 1.165) is 0 Å². The number of hydrogen-bond acceptors (Lipinski definition) is 3.